The number of ether oxygens (including phenoxy) is 1. The van der Waals surface area contributed by atoms with E-state index in [0.717, 1.165) is 25.2 Å². The Morgan fingerprint density at radius 3 is 2.61 bits per heavy atom. The van der Waals surface area contributed by atoms with E-state index in [1.54, 1.807) is 23.9 Å². The van der Waals surface area contributed by atoms with Gasteiger partial charge in [0, 0.05) is 25.2 Å². The van der Waals surface area contributed by atoms with Crippen molar-refractivity contribution >= 4 is 67.8 Å². The summed E-state index contributed by atoms with van der Waals surface area (Å²) in [5.74, 6) is -0.396. The molecule has 0 aliphatic heterocycles. The molecule has 0 unspecified atom stereocenters. The van der Waals surface area contributed by atoms with Crippen molar-refractivity contribution in [2.24, 2.45) is 0 Å². The first-order valence-electron chi connectivity index (χ1n) is 6.51. The number of carbonyl (C=O) groups is 1. The zero-order chi connectivity index (χ0) is 16.6. The lowest BCUT2D eigenvalue weighted by Crippen LogP contribution is -2.00. The Balaban J connectivity index is 1.98. The molecule has 2 aromatic carbocycles. The standard InChI is InChI=1S/C16H10BrCl2NO2S/c1-22-16(21)15-7-10-11(17)4-9(6-14(10)20-15)23-8-2-3-12(18)13(19)5-8/h2-7,20H,1H3. The fraction of sp³-hybridized carbons (Fsp3) is 0.0625. The molecule has 0 atom stereocenters. The summed E-state index contributed by atoms with van der Waals surface area (Å²) in [5, 5.41) is 1.97. The Hall–Kier alpha value is -1.14. The van der Waals surface area contributed by atoms with Crippen molar-refractivity contribution in [1.29, 1.82) is 0 Å². The first kappa shape index (κ1) is 16.7. The number of benzene rings is 2. The normalized spacial score (nSPS) is 11.0. The second kappa shape index (κ2) is 6.77. The molecule has 3 aromatic rings. The zero-order valence-electron chi connectivity index (χ0n) is 11.8. The van der Waals surface area contributed by atoms with Gasteiger partial charge in [0.15, 0.2) is 0 Å². The SMILES string of the molecule is COC(=O)c1cc2c(Br)cc(Sc3ccc(Cl)c(Cl)c3)cc2[nH]1. The molecule has 0 bridgehead atoms. The van der Waals surface area contributed by atoms with E-state index in [9.17, 15) is 4.79 Å². The summed E-state index contributed by atoms with van der Waals surface area (Å²) in [5.41, 5.74) is 1.27. The molecule has 3 rings (SSSR count). The van der Waals surface area contributed by atoms with Crippen LogP contribution in [0.25, 0.3) is 10.9 Å². The lowest BCUT2D eigenvalue weighted by Gasteiger charge is -2.05. The number of esters is 1. The Kier molecular flexibility index (Phi) is 4.92. The highest BCUT2D eigenvalue weighted by Crippen LogP contribution is 2.36. The molecule has 0 aliphatic carbocycles. The molecule has 1 aromatic heterocycles. The summed E-state index contributed by atoms with van der Waals surface area (Å²) in [7, 11) is 1.36. The van der Waals surface area contributed by atoms with Crippen LogP contribution in [-0.2, 0) is 4.74 Å². The van der Waals surface area contributed by atoms with Crippen LogP contribution >= 0.6 is 50.9 Å². The van der Waals surface area contributed by atoms with E-state index in [1.165, 1.54) is 7.11 Å². The Morgan fingerprint density at radius 1 is 1.13 bits per heavy atom. The van der Waals surface area contributed by atoms with Crippen molar-refractivity contribution in [2.45, 2.75) is 9.79 Å². The van der Waals surface area contributed by atoms with Crippen molar-refractivity contribution in [1.82, 2.24) is 4.98 Å². The Labute approximate surface area is 155 Å². The average molecular weight is 431 g/mol. The maximum atomic E-state index is 11.6. The van der Waals surface area contributed by atoms with Crippen molar-refractivity contribution < 1.29 is 9.53 Å². The molecular formula is C16H10BrCl2NO2S. The van der Waals surface area contributed by atoms with Crippen LogP contribution < -0.4 is 0 Å². The quantitative estimate of drug-likeness (QED) is 0.504. The van der Waals surface area contributed by atoms with Gasteiger partial charge in [-0.1, -0.05) is 50.9 Å². The highest BCUT2D eigenvalue weighted by atomic mass is 79.9. The van der Waals surface area contributed by atoms with Crippen LogP contribution in [0.5, 0.6) is 0 Å². The fourth-order valence-electron chi connectivity index (χ4n) is 2.12. The molecule has 118 valence electrons. The van der Waals surface area contributed by atoms with E-state index in [2.05, 4.69) is 20.9 Å². The summed E-state index contributed by atoms with van der Waals surface area (Å²) in [6, 6.07) is 11.2. The minimum Gasteiger partial charge on any atom is -0.464 e. The number of hydrogen-bond acceptors (Lipinski definition) is 3. The van der Waals surface area contributed by atoms with Gasteiger partial charge in [0.1, 0.15) is 5.69 Å². The van der Waals surface area contributed by atoms with Crippen molar-refractivity contribution in [3.05, 3.63) is 56.6 Å². The lowest BCUT2D eigenvalue weighted by molar-refractivity contribution is 0.0595. The minimum absolute atomic E-state index is 0.396. The molecule has 0 spiro atoms. The smallest absolute Gasteiger partial charge is 0.354 e. The van der Waals surface area contributed by atoms with Gasteiger partial charge in [-0.2, -0.15) is 0 Å². The first-order chi connectivity index (χ1) is 11.0. The van der Waals surface area contributed by atoms with Gasteiger partial charge in [-0.3, -0.25) is 0 Å². The third-order valence-electron chi connectivity index (χ3n) is 3.19. The molecule has 0 fully saturated rings. The minimum atomic E-state index is -0.396. The number of methoxy groups -OCH3 is 1. The van der Waals surface area contributed by atoms with Crippen molar-refractivity contribution in [2.75, 3.05) is 7.11 Å². The van der Waals surface area contributed by atoms with Crippen LogP contribution in [0, 0.1) is 0 Å². The van der Waals surface area contributed by atoms with Gasteiger partial charge in [-0.05, 0) is 36.4 Å². The van der Waals surface area contributed by atoms with E-state index < -0.39 is 5.97 Å². The molecule has 3 nitrogen and oxygen atoms in total. The predicted molar refractivity (Wildman–Crippen MR) is 97.9 cm³/mol. The monoisotopic (exact) mass is 429 g/mol. The highest BCUT2D eigenvalue weighted by molar-refractivity contribution is 9.10. The number of hydrogen-bond donors (Lipinski definition) is 1. The molecule has 1 N–H and O–H groups in total. The predicted octanol–water partition coefficient (Wildman–Crippen LogP) is 6.18. The molecule has 1 heterocycles. The molecule has 0 saturated heterocycles. The van der Waals surface area contributed by atoms with Crippen LogP contribution in [-0.4, -0.2) is 18.1 Å². The maximum absolute atomic E-state index is 11.6. The Morgan fingerprint density at radius 2 is 1.91 bits per heavy atom. The Bertz CT molecular complexity index is 910. The molecular weight excluding hydrogens is 421 g/mol. The molecule has 0 saturated carbocycles. The number of H-pyrrole nitrogens is 1. The zero-order valence-corrected chi connectivity index (χ0v) is 15.7. The van der Waals surface area contributed by atoms with Crippen molar-refractivity contribution in [3.63, 3.8) is 0 Å². The van der Waals surface area contributed by atoms with Gasteiger partial charge in [-0.25, -0.2) is 4.79 Å². The molecule has 7 heteroatoms. The lowest BCUT2D eigenvalue weighted by atomic mass is 10.2. The van der Waals surface area contributed by atoms with E-state index in [-0.39, 0.29) is 0 Å². The first-order valence-corrected chi connectivity index (χ1v) is 8.88. The van der Waals surface area contributed by atoms with Gasteiger partial charge in [0.05, 0.1) is 17.2 Å². The van der Waals surface area contributed by atoms with Gasteiger partial charge in [0.2, 0.25) is 0 Å². The number of fused-ring (bicyclic) bond motifs is 1. The highest BCUT2D eigenvalue weighted by Gasteiger charge is 2.13. The second-order valence-electron chi connectivity index (χ2n) is 4.72. The molecule has 0 radical (unpaired) electrons. The number of nitrogens with one attached hydrogen (secondary N) is 1. The van der Waals surface area contributed by atoms with E-state index in [1.807, 2.05) is 24.3 Å². The van der Waals surface area contributed by atoms with Gasteiger partial charge >= 0.3 is 5.97 Å². The van der Waals surface area contributed by atoms with E-state index in [0.29, 0.717) is 15.7 Å². The maximum Gasteiger partial charge on any atom is 0.354 e. The summed E-state index contributed by atoms with van der Waals surface area (Å²) in [4.78, 5) is 16.7. The largest absolute Gasteiger partial charge is 0.464 e. The number of rotatable bonds is 3. The number of aromatic amines is 1. The second-order valence-corrected chi connectivity index (χ2v) is 7.53. The fourth-order valence-corrected chi connectivity index (χ4v) is 4.15. The molecule has 0 aliphatic rings. The van der Waals surface area contributed by atoms with Crippen LogP contribution in [0.1, 0.15) is 10.5 Å². The van der Waals surface area contributed by atoms with Gasteiger partial charge in [0.25, 0.3) is 0 Å². The summed E-state index contributed by atoms with van der Waals surface area (Å²) in [6.45, 7) is 0. The number of halogens is 3. The van der Waals surface area contributed by atoms with Crippen LogP contribution in [0.4, 0.5) is 0 Å². The van der Waals surface area contributed by atoms with Crippen LogP contribution in [0.3, 0.4) is 0 Å². The van der Waals surface area contributed by atoms with Gasteiger partial charge < -0.3 is 9.72 Å². The topological polar surface area (TPSA) is 42.1 Å². The molecule has 0 amide bonds. The summed E-state index contributed by atoms with van der Waals surface area (Å²) in [6.07, 6.45) is 0. The van der Waals surface area contributed by atoms with E-state index in [4.69, 9.17) is 27.9 Å². The number of aromatic nitrogens is 1. The average Bonchev–Trinajstić information content (AvgIpc) is 2.95. The summed E-state index contributed by atoms with van der Waals surface area (Å²) >= 11 is 17.1. The third-order valence-corrected chi connectivity index (χ3v) is 5.55. The van der Waals surface area contributed by atoms with Crippen LogP contribution in [0.15, 0.2) is 50.7 Å². The van der Waals surface area contributed by atoms with E-state index >= 15 is 0 Å². The van der Waals surface area contributed by atoms with Crippen molar-refractivity contribution in [3.8, 4) is 0 Å². The number of carbonyl (C=O) groups excluding carboxylic acids is 1. The van der Waals surface area contributed by atoms with Crippen LogP contribution in [0.2, 0.25) is 10.0 Å². The van der Waals surface area contributed by atoms with Gasteiger partial charge in [-0.15, -0.1) is 0 Å². The third kappa shape index (κ3) is 3.53. The summed E-state index contributed by atoms with van der Waals surface area (Å²) < 4.78 is 5.63. The molecule has 23 heavy (non-hydrogen) atoms.